The van der Waals surface area contributed by atoms with E-state index in [1.165, 1.54) is 26.4 Å². The maximum Gasteiger partial charge on any atom is 0.374 e. The number of hydrogen-bond donors (Lipinski definition) is 1. The van der Waals surface area contributed by atoms with Crippen LogP contribution in [0.3, 0.4) is 0 Å². The number of rotatable bonds is 4. The average Bonchev–Trinajstić information content (AvgIpc) is 2.87. The van der Waals surface area contributed by atoms with E-state index in [2.05, 4.69) is 5.16 Å². The Kier molecular flexibility index (Phi) is 3.60. The normalized spacial score (nSPS) is 10.4. The number of benzene rings is 1. The summed E-state index contributed by atoms with van der Waals surface area (Å²) in [6, 6.07) is 2.50. The van der Waals surface area contributed by atoms with Gasteiger partial charge in [-0.05, 0) is 18.6 Å². The molecule has 0 aliphatic carbocycles. The summed E-state index contributed by atoms with van der Waals surface area (Å²) >= 11 is 0. The van der Waals surface area contributed by atoms with Crippen LogP contribution >= 0.6 is 0 Å². The van der Waals surface area contributed by atoms with Gasteiger partial charge in [-0.2, -0.15) is 0 Å². The van der Waals surface area contributed by atoms with Crippen LogP contribution in [0.4, 0.5) is 4.39 Å². The Morgan fingerprint density at radius 3 is 2.45 bits per heavy atom. The van der Waals surface area contributed by atoms with Crippen LogP contribution in [0.25, 0.3) is 11.3 Å². The number of nitrogens with zero attached hydrogens (tertiary/aromatic N) is 1. The summed E-state index contributed by atoms with van der Waals surface area (Å²) < 4.78 is 28.6. The van der Waals surface area contributed by atoms with Gasteiger partial charge >= 0.3 is 5.97 Å². The number of methoxy groups -OCH3 is 2. The number of carboxylic acids is 1. The number of aryl methyl sites for hydroxylation is 1. The van der Waals surface area contributed by atoms with E-state index < -0.39 is 11.8 Å². The van der Waals surface area contributed by atoms with E-state index in [9.17, 15) is 9.18 Å². The van der Waals surface area contributed by atoms with Crippen molar-refractivity contribution >= 4 is 5.97 Å². The van der Waals surface area contributed by atoms with Gasteiger partial charge in [-0.3, -0.25) is 0 Å². The molecule has 0 amide bonds. The van der Waals surface area contributed by atoms with Crippen LogP contribution < -0.4 is 9.47 Å². The fourth-order valence-corrected chi connectivity index (χ4v) is 1.93. The Balaban J connectivity index is 2.68. The van der Waals surface area contributed by atoms with Gasteiger partial charge in [0.15, 0.2) is 17.3 Å². The number of carboxylic acid groups (broad SMARTS) is 1. The third kappa shape index (κ3) is 2.18. The summed E-state index contributed by atoms with van der Waals surface area (Å²) in [5.74, 6) is -2.07. The lowest BCUT2D eigenvalue weighted by atomic mass is 10.0. The quantitative estimate of drug-likeness (QED) is 0.927. The van der Waals surface area contributed by atoms with Crippen LogP contribution in [0.15, 0.2) is 16.7 Å². The number of carbonyl (C=O) groups is 1. The van der Waals surface area contributed by atoms with E-state index in [4.69, 9.17) is 19.1 Å². The first-order valence-electron chi connectivity index (χ1n) is 5.61. The van der Waals surface area contributed by atoms with Gasteiger partial charge in [-0.15, -0.1) is 0 Å². The molecule has 7 heteroatoms. The molecule has 1 aromatic carbocycles. The van der Waals surface area contributed by atoms with Gasteiger partial charge in [-0.25, -0.2) is 9.18 Å². The fraction of sp³-hybridized carbons (Fsp3) is 0.231. The third-order valence-corrected chi connectivity index (χ3v) is 2.77. The maximum absolute atomic E-state index is 13.8. The Labute approximate surface area is 113 Å². The predicted octanol–water partition coefficient (Wildman–Crippen LogP) is 2.50. The summed E-state index contributed by atoms with van der Waals surface area (Å²) in [6.45, 7) is 1.65. The van der Waals surface area contributed by atoms with Crippen molar-refractivity contribution in [3.8, 4) is 22.8 Å². The van der Waals surface area contributed by atoms with Gasteiger partial charge in [0.05, 0.1) is 19.8 Å². The van der Waals surface area contributed by atoms with Gasteiger partial charge in [0.2, 0.25) is 5.76 Å². The Hall–Kier alpha value is -2.57. The molecular formula is C13H12FNO5. The molecule has 0 aliphatic rings. The maximum atomic E-state index is 13.8. The average molecular weight is 281 g/mol. The molecule has 1 heterocycles. The van der Waals surface area contributed by atoms with Gasteiger partial charge in [0.1, 0.15) is 5.69 Å². The number of hydrogen-bond acceptors (Lipinski definition) is 5. The summed E-state index contributed by atoms with van der Waals surface area (Å²) in [5.41, 5.74) is 1.17. The highest BCUT2D eigenvalue weighted by Gasteiger charge is 2.23. The van der Waals surface area contributed by atoms with E-state index in [0.717, 1.165) is 0 Å². The van der Waals surface area contributed by atoms with Crippen LogP contribution in [0.1, 0.15) is 16.1 Å². The summed E-state index contributed by atoms with van der Waals surface area (Å²) in [4.78, 5) is 10.8. The molecule has 6 nitrogen and oxygen atoms in total. The standard InChI is InChI=1S/C13H12FNO5/c1-6-4-7(14)11(18-2)12(19-3)10(6)8-5-9(13(16)17)20-15-8/h4-5H,1-3H3,(H,16,17). The smallest absolute Gasteiger partial charge is 0.374 e. The molecule has 0 aliphatic heterocycles. The topological polar surface area (TPSA) is 81.8 Å². The van der Waals surface area contributed by atoms with Gasteiger partial charge < -0.3 is 19.1 Å². The zero-order valence-corrected chi connectivity index (χ0v) is 11.1. The van der Waals surface area contributed by atoms with E-state index in [-0.39, 0.29) is 23.0 Å². The Bertz CT molecular complexity index is 665. The van der Waals surface area contributed by atoms with Crippen molar-refractivity contribution in [1.29, 1.82) is 0 Å². The summed E-state index contributed by atoms with van der Waals surface area (Å²) in [6.07, 6.45) is 0. The van der Waals surface area contributed by atoms with Crippen LogP contribution in [0.2, 0.25) is 0 Å². The second-order valence-electron chi connectivity index (χ2n) is 4.00. The summed E-state index contributed by atoms with van der Waals surface area (Å²) in [7, 11) is 2.67. The molecule has 0 unspecified atom stereocenters. The van der Waals surface area contributed by atoms with Crippen LogP contribution in [0.5, 0.6) is 11.5 Å². The first kappa shape index (κ1) is 13.9. The summed E-state index contributed by atoms with van der Waals surface area (Å²) in [5, 5.41) is 12.5. The Morgan fingerprint density at radius 2 is 1.95 bits per heavy atom. The van der Waals surface area contributed by atoms with E-state index in [1.54, 1.807) is 6.92 Å². The molecule has 0 radical (unpaired) electrons. The number of aromatic carboxylic acids is 1. The second kappa shape index (κ2) is 5.20. The largest absolute Gasteiger partial charge is 0.492 e. The van der Waals surface area contributed by atoms with Crippen molar-refractivity contribution in [1.82, 2.24) is 5.16 Å². The molecule has 20 heavy (non-hydrogen) atoms. The molecule has 2 aromatic rings. The Morgan fingerprint density at radius 1 is 1.30 bits per heavy atom. The minimum atomic E-state index is -1.24. The van der Waals surface area contributed by atoms with Crippen molar-refractivity contribution in [3.05, 3.63) is 29.3 Å². The highest BCUT2D eigenvalue weighted by Crippen LogP contribution is 2.41. The highest BCUT2D eigenvalue weighted by molar-refractivity contribution is 5.86. The highest BCUT2D eigenvalue weighted by atomic mass is 19.1. The molecule has 0 spiro atoms. The number of halogens is 1. The zero-order valence-electron chi connectivity index (χ0n) is 11.1. The lowest BCUT2D eigenvalue weighted by Crippen LogP contribution is -1.99. The monoisotopic (exact) mass is 281 g/mol. The molecule has 1 N–H and O–H groups in total. The number of ether oxygens (including phenoxy) is 2. The lowest BCUT2D eigenvalue weighted by Gasteiger charge is -2.14. The number of aromatic nitrogens is 1. The van der Waals surface area contributed by atoms with Crippen LogP contribution in [-0.4, -0.2) is 30.5 Å². The first-order chi connectivity index (χ1) is 9.49. The minimum Gasteiger partial charge on any atom is -0.492 e. The van der Waals surface area contributed by atoms with Gasteiger partial charge in [0.25, 0.3) is 0 Å². The molecule has 106 valence electrons. The van der Waals surface area contributed by atoms with Crippen LogP contribution in [-0.2, 0) is 0 Å². The van der Waals surface area contributed by atoms with E-state index in [0.29, 0.717) is 11.1 Å². The zero-order chi connectivity index (χ0) is 14.9. The molecule has 1 aromatic heterocycles. The first-order valence-corrected chi connectivity index (χ1v) is 5.61. The van der Waals surface area contributed by atoms with Crippen molar-refractivity contribution in [2.45, 2.75) is 6.92 Å². The molecule has 0 atom stereocenters. The fourth-order valence-electron chi connectivity index (χ4n) is 1.93. The van der Waals surface area contributed by atoms with Gasteiger partial charge in [-0.1, -0.05) is 5.16 Å². The van der Waals surface area contributed by atoms with Crippen LogP contribution in [0, 0.1) is 12.7 Å². The van der Waals surface area contributed by atoms with E-state index >= 15 is 0 Å². The molecule has 0 bridgehead atoms. The van der Waals surface area contributed by atoms with E-state index in [1.807, 2.05) is 0 Å². The van der Waals surface area contributed by atoms with Crippen molar-refractivity contribution in [3.63, 3.8) is 0 Å². The van der Waals surface area contributed by atoms with Crippen molar-refractivity contribution in [2.24, 2.45) is 0 Å². The molecule has 2 rings (SSSR count). The predicted molar refractivity (Wildman–Crippen MR) is 66.7 cm³/mol. The molecular weight excluding hydrogens is 269 g/mol. The lowest BCUT2D eigenvalue weighted by molar-refractivity contribution is 0.0652. The molecule has 0 fully saturated rings. The van der Waals surface area contributed by atoms with Gasteiger partial charge in [0, 0.05) is 6.07 Å². The SMILES string of the molecule is COc1c(F)cc(C)c(-c2cc(C(=O)O)on2)c1OC. The van der Waals surface area contributed by atoms with Crippen molar-refractivity contribution in [2.75, 3.05) is 14.2 Å². The van der Waals surface area contributed by atoms with Crippen molar-refractivity contribution < 1.29 is 28.3 Å². The second-order valence-corrected chi connectivity index (χ2v) is 4.00. The third-order valence-electron chi connectivity index (χ3n) is 2.77. The molecule has 0 saturated heterocycles. The molecule has 0 saturated carbocycles. The minimum absolute atomic E-state index is 0.0759.